The van der Waals surface area contributed by atoms with Crippen molar-refractivity contribution in [1.29, 1.82) is 0 Å². The lowest BCUT2D eigenvalue weighted by Gasteiger charge is -2.22. The van der Waals surface area contributed by atoms with Gasteiger partial charge in [-0.25, -0.2) is 9.37 Å². The first kappa shape index (κ1) is 19.6. The molecule has 2 aromatic carbocycles. The average Bonchev–Trinajstić information content (AvgIpc) is 3.16. The van der Waals surface area contributed by atoms with Crippen molar-refractivity contribution in [1.82, 2.24) is 15.2 Å². The summed E-state index contributed by atoms with van der Waals surface area (Å²) in [7, 11) is 3.79. The molecule has 0 unspecified atom stereocenters. The Kier molecular flexibility index (Phi) is 6.42. The van der Waals surface area contributed by atoms with E-state index in [1.54, 1.807) is 25.4 Å². The number of nitrogens with zero attached hydrogens (tertiary/aromatic N) is 3. The number of halogens is 1. The number of aromatic nitrogens is 1. The molecule has 3 aromatic rings. The summed E-state index contributed by atoms with van der Waals surface area (Å²) in [4.78, 5) is 10.9. The number of benzene rings is 2. The Morgan fingerprint density at radius 3 is 2.54 bits per heavy atom. The highest BCUT2D eigenvalue weighted by Gasteiger charge is 2.09. The number of aryl methyl sites for hydroxylation is 1. The van der Waals surface area contributed by atoms with E-state index in [0.717, 1.165) is 23.8 Å². The molecular formula is C22H25FN4O. The Bertz CT molecular complexity index is 916. The van der Waals surface area contributed by atoms with E-state index in [9.17, 15) is 4.39 Å². The predicted octanol–water partition coefficient (Wildman–Crippen LogP) is 4.04. The van der Waals surface area contributed by atoms with Crippen LogP contribution in [0.4, 0.5) is 4.39 Å². The van der Waals surface area contributed by atoms with Gasteiger partial charge in [-0.05, 0) is 36.8 Å². The van der Waals surface area contributed by atoms with E-state index in [1.807, 2.05) is 7.05 Å². The van der Waals surface area contributed by atoms with Gasteiger partial charge in [0, 0.05) is 39.2 Å². The van der Waals surface area contributed by atoms with Crippen LogP contribution in [0.5, 0.6) is 0 Å². The van der Waals surface area contributed by atoms with E-state index in [2.05, 4.69) is 51.4 Å². The van der Waals surface area contributed by atoms with Gasteiger partial charge in [0.1, 0.15) is 12.1 Å². The highest BCUT2D eigenvalue weighted by molar-refractivity contribution is 5.79. The summed E-state index contributed by atoms with van der Waals surface area (Å²) < 4.78 is 18.5. The number of aliphatic imine (C=N–C) groups is 1. The van der Waals surface area contributed by atoms with E-state index in [0.29, 0.717) is 18.9 Å². The van der Waals surface area contributed by atoms with Gasteiger partial charge in [-0.2, -0.15) is 0 Å². The van der Waals surface area contributed by atoms with Crippen molar-refractivity contribution in [3.05, 3.63) is 77.4 Å². The highest BCUT2D eigenvalue weighted by Crippen LogP contribution is 2.19. The number of guanidine groups is 1. The molecule has 0 radical (unpaired) electrons. The fourth-order valence-electron chi connectivity index (χ4n) is 2.88. The van der Waals surface area contributed by atoms with Crippen molar-refractivity contribution in [2.75, 3.05) is 20.6 Å². The fourth-order valence-corrected chi connectivity index (χ4v) is 2.88. The summed E-state index contributed by atoms with van der Waals surface area (Å²) in [5.41, 5.74) is 4.08. The first-order valence-corrected chi connectivity index (χ1v) is 9.23. The Hall–Kier alpha value is -3.15. The third-order valence-corrected chi connectivity index (χ3v) is 4.42. The maximum absolute atomic E-state index is 13.0. The van der Waals surface area contributed by atoms with Crippen molar-refractivity contribution in [3.63, 3.8) is 0 Å². The summed E-state index contributed by atoms with van der Waals surface area (Å²) in [6, 6.07) is 14.6. The number of rotatable bonds is 6. The topological polar surface area (TPSA) is 53.7 Å². The Morgan fingerprint density at radius 1 is 1.14 bits per heavy atom. The second-order valence-corrected chi connectivity index (χ2v) is 6.72. The van der Waals surface area contributed by atoms with Gasteiger partial charge in [-0.15, -0.1) is 0 Å². The van der Waals surface area contributed by atoms with E-state index >= 15 is 0 Å². The Morgan fingerprint density at radius 2 is 1.86 bits per heavy atom. The Balaban J connectivity index is 1.51. The van der Waals surface area contributed by atoms with Crippen molar-refractivity contribution < 1.29 is 8.81 Å². The zero-order chi connectivity index (χ0) is 19.9. The summed E-state index contributed by atoms with van der Waals surface area (Å²) in [6.45, 7) is 3.54. The molecule has 0 aliphatic rings. The third-order valence-electron chi connectivity index (χ3n) is 4.42. The minimum atomic E-state index is -0.277. The standard InChI is InChI=1S/C22H25FN4O/c1-16-4-6-17(7-5-16)14-27(3)22(24-2)25-13-12-20-15-28-21(26-20)18-8-10-19(23)11-9-18/h4-11,15H,12-14H2,1-3H3,(H,24,25). The molecule has 6 heteroatoms. The molecule has 1 N–H and O–H groups in total. The van der Waals surface area contributed by atoms with Crippen LogP contribution in [-0.2, 0) is 13.0 Å². The fraction of sp³-hybridized carbons (Fsp3) is 0.273. The summed E-state index contributed by atoms with van der Waals surface area (Å²) in [5.74, 6) is 1.04. The van der Waals surface area contributed by atoms with Crippen LogP contribution >= 0.6 is 0 Å². The lowest BCUT2D eigenvalue weighted by Crippen LogP contribution is -2.39. The molecule has 146 valence electrons. The maximum Gasteiger partial charge on any atom is 0.226 e. The molecule has 0 bridgehead atoms. The van der Waals surface area contributed by atoms with Gasteiger partial charge in [0.05, 0.1) is 5.69 Å². The van der Waals surface area contributed by atoms with E-state index in [4.69, 9.17) is 4.42 Å². The molecule has 0 saturated heterocycles. The van der Waals surface area contributed by atoms with Gasteiger partial charge in [0.15, 0.2) is 5.96 Å². The first-order chi connectivity index (χ1) is 13.5. The van der Waals surface area contributed by atoms with Crippen LogP contribution in [0.25, 0.3) is 11.5 Å². The monoisotopic (exact) mass is 380 g/mol. The largest absolute Gasteiger partial charge is 0.444 e. The number of hydrogen-bond donors (Lipinski definition) is 1. The smallest absolute Gasteiger partial charge is 0.226 e. The van der Waals surface area contributed by atoms with E-state index in [1.165, 1.54) is 23.3 Å². The quantitative estimate of drug-likeness (QED) is 0.518. The molecule has 1 heterocycles. The summed E-state index contributed by atoms with van der Waals surface area (Å²) >= 11 is 0. The molecule has 28 heavy (non-hydrogen) atoms. The van der Waals surface area contributed by atoms with Crippen LogP contribution in [0.3, 0.4) is 0 Å². The Labute approximate surface area is 164 Å². The van der Waals surface area contributed by atoms with Crippen LogP contribution in [-0.4, -0.2) is 36.5 Å². The summed E-state index contributed by atoms with van der Waals surface area (Å²) in [6.07, 6.45) is 2.33. The minimum Gasteiger partial charge on any atom is -0.444 e. The van der Waals surface area contributed by atoms with Crippen LogP contribution in [0.1, 0.15) is 16.8 Å². The number of hydrogen-bond acceptors (Lipinski definition) is 3. The first-order valence-electron chi connectivity index (χ1n) is 9.23. The van der Waals surface area contributed by atoms with Gasteiger partial charge >= 0.3 is 0 Å². The molecule has 0 fully saturated rings. The molecule has 0 spiro atoms. The average molecular weight is 380 g/mol. The number of oxazole rings is 1. The molecule has 0 atom stereocenters. The highest BCUT2D eigenvalue weighted by atomic mass is 19.1. The van der Waals surface area contributed by atoms with Gasteiger partial charge in [0.2, 0.25) is 5.89 Å². The maximum atomic E-state index is 13.0. The molecule has 3 rings (SSSR count). The van der Waals surface area contributed by atoms with Crippen molar-refractivity contribution >= 4 is 5.96 Å². The van der Waals surface area contributed by atoms with Crippen LogP contribution in [0, 0.1) is 12.7 Å². The second-order valence-electron chi connectivity index (χ2n) is 6.72. The predicted molar refractivity (Wildman–Crippen MR) is 110 cm³/mol. The summed E-state index contributed by atoms with van der Waals surface area (Å²) in [5, 5.41) is 3.35. The molecule has 5 nitrogen and oxygen atoms in total. The molecule has 0 saturated carbocycles. The molecule has 0 amide bonds. The second kappa shape index (κ2) is 9.17. The van der Waals surface area contributed by atoms with Gasteiger partial charge < -0.3 is 14.6 Å². The van der Waals surface area contributed by atoms with Gasteiger partial charge in [-0.3, -0.25) is 4.99 Å². The third kappa shape index (κ3) is 5.19. The van der Waals surface area contributed by atoms with Crippen molar-refractivity contribution in [2.45, 2.75) is 19.9 Å². The van der Waals surface area contributed by atoms with Crippen molar-refractivity contribution in [2.24, 2.45) is 4.99 Å². The van der Waals surface area contributed by atoms with E-state index in [-0.39, 0.29) is 5.82 Å². The normalized spacial score (nSPS) is 11.5. The van der Waals surface area contributed by atoms with Gasteiger partial charge in [0.25, 0.3) is 0 Å². The molecular weight excluding hydrogens is 355 g/mol. The SMILES string of the molecule is CN=C(NCCc1coc(-c2ccc(F)cc2)n1)N(C)Cc1ccc(C)cc1. The zero-order valence-corrected chi connectivity index (χ0v) is 16.4. The molecule has 1 aromatic heterocycles. The van der Waals surface area contributed by atoms with Crippen LogP contribution in [0.2, 0.25) is 0 Å². The molecule has 0 aliphatic carbocycles. The minimum absolute atomic E-state index is 0.277. The van der Waals surface area contributed by atoms with Gasteiger partial charge in [-0.1, -0.05) is 29.8 Å². The van der Waals surface area contributed by atoms with E-state index < -0.39 is 0 Å². The van der Waals surface area contributed by atoms with Crippen LogP contribution < -0.4 is 5.32 Å². The number of nitrogens with one attached hydrogen (secondary N) is 1. The molecule has 0 aliphatic heterocycles. The zero-order valence-electron chi connectivity index (χ0n) is 16.4. The lowest BCUT2D eigenvalue weighted by atomic mass is 10.1. The van der Waals surface area contributed by atoms with Crippen molar-refractivity contribution in [3.8, 4) is 11.5 Å². The lowest BCUT2D eigenvalue weighted by molar-refractivity contribution is 0.477. The van der Waals surface area contributed by atoms with Crippen LogP contribution in [0.15, 0.2) is 64.2 Å².